The smallest absolute Gasteiger partial charge is 0.276 e. The quantitative estimate of drug-likeness (QED) is 0.360. The molecule has 5 nitrogen and oxygen atoms in total. The molecule has 31 heavy (non-hydrogen) atoms. The van der Waals surface area contributed by atoms with Gasteiger partial charge in [-0.15, -0.1) is 0 Å². The lowest BCUT2D eigenvalue weighted by Crippen LogP contribution is -2.14. The van der Waals surface area contributed by atoms with E-state index in [1.54, 1.807) is 34.8 Å². The van der Waals surface area contributed by atoms with Crippen molar-refractivity contribution in [3.05, 3.63) is 101 Å². The number of aryl methyl sites for hydroxylation is 1. The summed E-state index contributed by atoms with van der Waals surface area (Å²) in [5.41, 5.74) is 1.99. The number of nitrogens with zero attached hydrogens (tertiary/aromatic N) is 2. The maximum absolute atomic E-state index is 12.7. The van der Waals surface area contributed by atoms with Crippen LogP contribution in [0.2, 0.25) is 5.02 Å². The van der Waals surface area contributed by atoms with Crippen LogP contribution in [0.3, 0.4) is 0 Å². The minimum atomic E-state index is -0.275. The number of aromatic nitrogens is 2. The number of hydrogen-bond acceptors (Lipinski definition) is 4. The summed E-state index contributed by atoms with van der Waals surface area (Å²) in [5.74, 6) is 0.445. The molecule has 0 saturated heterocycles. The van der Waals surface area contributed by atoms with Gasteiger partial charge in [-0.25, -0.2) is 4.68 Å². The van der Waals surface area contributed by atoms with Crippen LogP contribution in [0.5, 0.6) is 5.75 Å². The predicted octanol–water partition coefficient (Wildman–Crippen LogP) is 6.28. The summed E-state index contributed by atoms with van der Waals surface area (Å²) in [6.07, 6.45) is 1.71. The molecule has 0 bridgehead atoms. The van der Waals surface area contributed by atoms with Crippen LogP contribution in [0.25, 0.3) is 0 Å². The van der Waals surface area contributed by atoms with Crippen LogP contribution in [0.15, 0.2) is 94.9 Å². The van der Waals surface area contributed by atoms with Gasteiger partial charge in [-0.1, -0.05) is 53.7 Å². The molecule has 0 spiro atoms. The molecule has 4 aromatic rings. The van der Waals surface area contributed by atoms with Crippen LogP contribution >= 0.6 is 23.4 Å². The van der Waals surface area contributed by atoms with Crippen molar-refractivity contribution in [2.24, 2.45) is 0 Å². The topological polar surface area (TPSA) is 56.1 Å². The molecule has 3 aromatic carbocycles. The first-order chi connectivity index (χ1) is 15.1. The van der Waals surface area contributed by atoms with Crippen molar-refractivity contribution in [3.8, 4) is 5.75 Å². The Bertz CT molecular complexity index is 1190. The first-order valence-corrected chi connectivity index (χ1v) is 10.8. The number of carbonyl (C=O) groups is 1. The van der Waals surface area contributed by atoms with E-state index < -0.39 is 0 Å². The van der Waals surface area contributed by atoms with Gasteiger partial charge in [0.15, 0.2) is 12.4 Å². The van der Waals surface area contributed by atoms with Gasteiger partial charge >= 0.3 is 0 Å². The van der Waals surface area contributed by atoms with Gasteiger partial charge in [0.25, 0.3) is 5.91 Å². The third-order valence-electron chi connectivity index (χ3n) is 4.47. The summed E-state index contributed by atoms with van der Waals surface area (Å²) in [5, 5.41) is 7.95. The minimum absolute atomic E-state index is 0.191. The van der Waals surface area contributed by atoms with Crippen molar-refractivity contribution >= 4 is 35.0 Å². The van der Waals surface area contributed by atoms with E-state index in [2.05, 4.69) is 10.4 Å². The first kappa shape index (κ1) is 21.0. The average molecular weight is 450 g/mol. The molecule has 1 aromatic heterocycles. The summed E-state index contributed by atoms with van der Waals surface area (Å²) in [4.78, 5) is 14.8. The Morgan fingerprint density at radius 1 is 1.06 bits per heavy atom. The first-order valence-electron chi connectivity index (χ1n) is 9.64. The highest BCUT2D eigenvalue weighted by Crippen LogP contribution is 2.33. The molecule has 0 saturated carbocycles. The van der Waals surface area contributed by atoms with E-state index in [9.17, 15) is 4.79 Å². The molecule has 0 aliphatic rings. The van der Waals surface area contributed by atoms with E-state index in [1.165, 1.54) is 0 Å². The molecule has 0 radical (unpaired) electrons. The Morgan fingerprint density at radius 3 is 2.65 bits per heavy atom. The van der Waals surface area contributed by atoms with Gasteiger partial charge in [-0.2, -0.15) is 5.10 Å². The number of rotatable bonds is 7. The van der Waals surface area contributed by atoms with Crippen molar-refractivity contribution < 1.29 is 9.53 Å². The largest absolute Gasteiger partial charge is 0.471 e. The number of nitrogens with one attached hydrogen (secondary N) is 1. The molecule has 0 atom stereocenters. The lowest BCUT2D eigenvalue weighted by Gasteiger charge is -2.10. The second kappa shape index (κ2) is 9.73. The highest BCUT2D eigenvalue weighted by Gasteiger charge is 2.13. The molecule has 0 aliphatic heterocycles. The zero-order valence-electron chi connectivity index (χ0n) is 16.8. The Kier molecular flexibility index (Phi) is 6.60. The van der Waals surface area contributed by atoms with E-state index in [4.69, 9.17) is 16.3 Å². The van der Waals surface area contributed by atoms with Gasteiger partial charge in [0, 0.05) is 21.0 Å². The van der Waals surface area contributed by atoms with Crippen molar-refractivity contribution in [1.29, 1.82) is 0 Å². The Labute approximate surface area is 190 Å². The summed E-state index contributed by atoms with van der Waals surface area (Å²) >= 11 is 7.57. The molecule has 4 rings (SSSR count). The monoisotopic (exact) mass is 449 g/mol. The second-order valence-corrected chi connectivity index (χ2v) is 8.34. The van der Waals surface area contributed by atoms with Crippen LogP contribution in [0.4, 0.5) is 5.69 Å². The number of hydrogen-bond donors (Lipinski definition) is 1. The van der Waals surface area contributed by atoms with Crippen molar-refractivity contribution in [2.45, 2.75) is 23.4 Å². The molecule has 0 fully saturated rings. The molecule has 1 amide bonds. The van der Waals surface area contributed by atoms with Gasteiger partial charge in [-0.3, -0.25) is 4.79 Å². The number of halogens is 1. The molecule has 156 valence electrons. The molecule has 0 aliphatic carbocycles. The maximum atomic E-state index is 12.7. The molecule has 7 heteroatoms. The van der Waals surface area contributed by atoms with Gasteiger partial charge in [0.05, 0.1) is 5.69 Å². The number of para-hydroxylation sites is 1. The SMILES string of the molecule is Cc1cc(Cl)ccc1OCn1ccc(C(=O)Nc2ccccc2Sc2ccccc2)n1. The summed E-state index contributed by atoms with van der Waals surface area (Å²) in [7, 11) is 0. The zero-order valence-corrected chi connectivity index (χ0v) is 18.4. The van der Waals surface area contributed by atoms with E-state index in [-0.39, 0.29) is 12.6 Å². The molecular weight excluding hydrogens is 430 g/mol. The minimum Gasteiger partial charge on any atom is -0.471 e. The maximum Gasteiger partial charge on any atom is 0.276 e. The van der Waals surface area contributed by atoms with Crippen molar-refractivity contribution in [2.75, 3.05) is 5.32 Å². The van der Waals surface area contributed by atoms with Crippen LogP contribution in [-0.4, -0.2) is 15.7 Å². The molecular formula is C24H20ClN3O2S. The average Bonchev–Trinajstić information content (AvgIpc) is 3.24. The van der Waals surface area contributed by atoms with Crippen LogP contribution in [0.1, 0.15) is 16.1 Å². The lowest BCUT2D eigenvalue weighted by atomic mass is 10.2. The van der Waals surface area contributed by atoms with E-state index >= 15 is 0 Å². The number of benzene rings is 3. The highest BCUT2D eigenvalue weighted by molar-refractivity contribution is 7.99. The highest BCUT2D eigenvalue weighted by atomic mass is 35.5. The van der Waals surface area contributed by atoms with Gasteiger partial charge in [0.1, 0.15) is 5.75 Å². The number of anilines is 1. The fourth-order valence-electron chi connectivity index (χ4n) is 2.93. The van der Waals surface area contributed by atoms with Gasteiger partial charge in [0.2, 0.25) is 0 Å². The third-order valence-corrected chi connectivity index (χ3v) is 5.79. The standard InChI is InChI=1S/C24H20ClN3O2S/c1-17-15-18(25)11-12-22(17)30-16-28-14-13-21(27-28)24(29)26-20-9-5-6-10-23(20)31-19-7-3-2-4-8-19/h2-15H,16H2,1H3,(H,26,29). The number of ether oxygens (including phenoxy) is 1. The third kappa shape index (κ3) is 5.48. The second-order valence-electron chi connectivity index (χ2n) is 6.79. The normalized spacial score (nSPS) is 10.6. The van der Waals surface area contributed by atoms with Crippen LogP contribution in [0, 0.1) is 6.92 Å². The summed E-state index contributed by atoms with van der Waals surface area (Å²) in [6, 6.07) is 24.8. The van der Waals surface area contributed by atoms with Crippen molar-refractivity contribution in [1.82, 2.24) is 9.78 Å². The number of carbonyl (C=O) groups excluding carboxylic acids is 1. The van der Waals surface area contributed by atoms with E-state index in [1.807, 2.05) is 73.7 Å². The molecule has 0 unspecified atom stereocenters. The fraction of sp³-hybridized carbons (Fsp3) is 0.0833. The fourth-order valence-corrected chi connectivity index (χ4v) is 4.08. The predicted molar refractivity (Wildman–Crippen MR) is 124 cm³/mol. The summed E-state index contributed by atoms with van der Waals surface area (Å²) < 4.78 is 7.36. The lowest BCUT2D eigenvalue weighted by molar-refractivity contribution is 0.102. The number of amides is 1. The van der Waals surface area contributed by atoms with Gasteiger partial charge < -0.3 is 10.1 Å². The Morgan fingerprint density at radius 2 is 1.84 bits per heavy atom. The van der Waals surface area contributed by atoms with E-state index in [0.717, 1.165) is 26.8 Å². The van der Waals surface area contributed by atoms with E-state index in [0.29, 0.717) is 10.7 Å². The van der Waals surface area contributed by atoms with Crippen LogP contribution < -0.4 is 10.1 Å². The molecule has 1 N–H and O–H groups in total. The van der Waals surface area contributed by atoms with Crippen LogP contribution in [-0.2, 0) is 6.73 Å². The Balaban J connectivity index is 1.41. The summed E-state index contributed by atoms with van der Waals surface area (Å²) in [6.45, 7) is 2.12. The molecule has 1 heterocycles. The zero-order chi connectivity index (χ0) is 21.6. The Hall–Kier alpha value is -3.22. The van der Waals surface area contributed by atoms with Gasteiger partial charge in [-0.05, 0) is 61.0 Å². The van der Waals surface area contributed by atoms with Crippen molar-refractivity contribution in [3.63, 3.8) is 0 Å².